The number of nitrogens with zero attached hydrogens (tertiary/aromatic N) is 1. The van der Waals surface area contributed by atoms with Crippen LogP contribution >= 0.6 is 11.3 Å². The van der Waals surface area contributed by atoms with E-state index in [1.807, 2.05) is 12.1 Å². The third kappa shape index (κ3) is 2.05. The van der Waals surface area contributed by atoms with E-state index in [1.54, 1.807) is 0 Å². The smallest absolute Gasteiger partial charge is 0.171 e. The molecule has 0 fully saturated rings. The number of rotatable bonds is 1. The van der Waals surface area contributed by atoms with Gasteiger partial charge in [0.1, 0.15) is 4.83 Å². The quantitative estimate of drug-likeness (QED) is 0.787. The Morgan fingerprint density at radius 2 is 2.00 bits per heavy atom. The van der Waals surface area contributed by atoms with Crippen molar-refractivity contribution in [3.8, 4) is 0 Å². The molecule has 0 aliphatic rings. The van der Waals surface area contributed by atoms with Crippen molar-refractivity contribution in [1.29, 1.82) is 0 Å². The largest absolute Gasteiger partial charge is 0.397 e. The summed E-state index contributed by atoms with van der Waals surface area (Å²) < 4.78 is 0. The summed E-state index contributed by atoms with van der Waals surface area (Å²) in [6.07, 6.45) is 0. The molecule has 3 nitrogen and oxygen atoms in total. The number of carbonyl (C=O) groups excluding carboxylic acids is 1. The number of thiophene rings is 1. The molecule has 0 bridgehead atoms. The third-order valence-corrected chi connectivity index (χ3v) is 3.90. The zero-order chi connectivity index (χ0) is 12.8. The summed E-state index contributed by atoms with van der Waals surface area (Å²) in [7, 11) is 0. The van der Waals surface area contributed by atoms with Gasteiger partial charge in [-0.25, -0.2) is 4.98 Å². The Morgan fingerprint density at radius 1 is 1.35 bits per heavy atom. The number of aromatic nitrogens is 1. The lowest BCUT2D eigenvalue weighted by Crippen LogP contribution is -2.12. The maximum absolute atomic E-state index is 11.4. The van der Waals surface area contributed by atoms with Crippen LogP contribution in [0.5, 0.6) is 0 Å². The summed E-state index contributed by atoms with van der Waals surface area (Å²) in [5.41, 5.74) is 7.53. The minimum absolute atomic E-state index is 0.00260. The van der Waals surface area contributed by atoms with Gasteiger partial charge in [-0.15, -0.1) is 11.3 Å². The van der Waals surface area contributed by atoms with Crippen molar-refractivity contribution in [3.63, 3.8) is 0 Å². The Balaban J connectivity index is 2.68. The van der Waals surface area contributed by atoms with Gasteiger partial charge < -0.3 is 5.73 Å². The molecule has 0 spiro atoms. The summed E-state index contributed by atoms with van der Waals surface area (Å²) in [4.78, 5) is 17.5. The van der Waals surface area contributed by atoms with Crippen LogP contribution in [-0.4, -0.2) is 10.8 Å². The fourth-order valence-corrected chi connectivity index (χ4v) is 2.67. The van der Waals surface area contributed by atoms with Crippen LogP contribution in [0.4, 0.5) is 5.69 Å². The molecular formula is C13H16N2OS. The number of Topliss-reactive ketones (excluding diaryl/α,β-unsaturated/α-hetero) is 1. The first-order valence-electron chi connectivity index (χ1n) is 5.51. The number of anilines is 1. The standard InChI is InChI=1S/C13H16N2OS/c1-7(16)11-10(14)8-5-6-9(13(2,3)4)15-12(8)17-11/h5-6H,14H2,1-4H3. The van der Waals surface area contributed by atoms with Crippen molar-refractivity contribution in [3.05, 3.63) is 22.7 Å². The molecule has 4 heteroatoms. The van der Waals surface area contributed by atoms with Crippen LogP contribution in [0, 0.1) is 0 Å². The minimum atomic E-state index is 0.00260. The molecule has 0 saturated heterocycles. The maximum atomic E-state index is 11.4. The van der Waals surface area contributed by atoms with Crippen molar-refractivity contribution in [1.82, 2.24) is 4.98 Å². The van der Waals surface area contributed by atoms with Crippen molar-refractivity contribution < 1.29 is 4.79 Å². The highest BCUT2D eigenvalue weighted by atomic mass is 32.1. The number of nitrogens with two attached hydrogens (primary N) is 1. The van der Waals surface area contributed by atoms with Crippen LogP contribution in [0.1, 0.15) is 43.1 Å². The number of fused-ring (bicyclic) bond motifs is 1. The average molecular weight is 248 g/mol. The van der Waals surface area contributed by atoms with E-state index >= 15 is 0 Å². The van der Waals surface area contributed by atoms with Crippen LogP contribution in [-0.2, 0) is 5.41 Å². The second kappa shape index (κ2) is 3.81. The van der Waals surface area contributed by atoms with Crippen molar-refractivity contribution in [2.24, 2.45) is 0 Å². The molecule has 2 aromatic heterocycles. The van der Waals surface area contributed by atoms with Gasteiger partial charge in [0.2, 0.25) is 0 Å². The maximum Gasteiger partial charge on any atom is 0.171 e. The van der Waals surface area contributed by atoms with E-state index in [2.05, 4.69) is 25.8 Å². The Bertz CT molecular complexity index is 593. The number of hydrogen-bond donors (Lipinski definition) is 1. The van der Waals surface area contributed by atoms with E-state index < -0.39 is 0 Å². The molecule has 17 heavy (non-hydrogen) atoms. The zero-order valence-electron chi connectivity index (χ0n) is 10.5. The third-order valence-electron chi connectivity index (χ3n) is 2.68. The zero-order valence-corrected chi connectivity index (χ0v) is 11.3. The molecule has 0 radical (unpaired) electrons. The predicted molar refractivity (Wildman–Crippen MR) is 72.7 cm³/mol. The molecule has 0 aliphatic heterocycles. The van der Waals surface area contributed by atoms with E-state index in [1.165, 1.54) is 18.3 Å². The van der Waals surface area contributed by atoms with E-state index in [4.69, 9.17) is 5.73 Å². The van der Waals surface area contributed by atoms with Crippen LogP contribution in [0.15, 0.2) is 12.1 Å². The molecular weight excluding hydrogens is 232 g/mol. The molecule has 0 saturated carbocycles. The van der Waals surface area contributed by atoms with Gasteiger partial charge >= 0.3 is 0 Å². The first kappa shape index (κ1) is 12.0. The van der Waals surface area contributed by atoms with Crippen LogP contribution in [0.3, 0.4) is 0 Å². The van der Waals surface area contributed by atoms with Gasteiger partial charge in [-0.05, 0) is 12.1 Å². The van der Waals surface area contributed by atoms with Gasteiger partial charge in [-0.3, -0.25) is 4.79 Å². The van der Waals surface area contributed by atoms with E-state index in [9.17, 15) is 4.79 Å². The van der Waals surface area contributed by atoms with Crippen LogP contribution in [0.2, 0.25) is 0 Å². The Labute approximate surface area is 105 Å². The highest BCUT2D eigenvalue weighted by molar-refractivity contribution is 7.21. The second-order valence-electron chi connectivity index (χ2n) is 5.20. The Kier molecular flexibility index (Phi) is 2.70. The molecule has 0 unspecified atom stereocenters. The number of ketones is 1. The first-order valence-corrected chi connectivity index (χ1v) is 6.33. The molecule has 2 aromatic rings. The summed E-state index contributed by atoms with van der Waals surface area (Å²) in [5, 5.41) is 0.883. The SMILES string of the molecule is CC(=O)c1sc2nc(C(C)(C)C)ccc2c1N. The first-order chi connectivity index (χ1) is 7.80. The molecule has 90 valence electrons. The highest BCUT2D eigenvalue weighted by Gasteiger charge is 2.19. The highest BCUT2D eigenvalue weighted by Crippen LogP contribution is 2.34. The molecule has 2 rings (SSSR count). The topological polar surface area (TPSA) is 56.0 Å². The molecule has 2 N–H and O–H groups in total. The van der Waals surface area contributed by atoms with Gasteiger partial charge in [-0.1, -0.05) is 20.8 Å². The lowest BCUT2D eigenvalue weighted by atomic mass is 9.91. The van der Waals surface area contributed by atoms with Gasteiger partial charge in [0.15, 0.2) is 5.78 Å². The van der Waals surface area contributed by atoms with Crippen molar-refractivity contribution in [2.75, 3.05) is 5.73 Å². The van der Waals surface area contributed by atoms with Crippen LogP contribution < -0.4 is 5.73 Å². The average Bonchev–Trinajstić information content (AvgIpc) is 2.54. The Morgan fingerprint density at radius 3 is 2.53 bits per heavy atom. The Hall–Kier alpha value is -1.42. The number of hydrogen-bond acceptors (Lipinski definition) is 4. The van der Waals surface area contributed by atoms with Gasteiger partial charge in [0, 0.05) is 23.4 Å². The van der Waals surface area contributed by atoms with Crippen molar-refractivity contribution >= 4 is 33.0 Å². The number of nitrogen functional groups attached to an aromatic ring is 1. The summed E-state index contributed by atoms with van der Waals surface area (Å²) in [6, 6.07) is 3.94. The molecule has 0 atom stereocenters. The van der Waals surface area contributed by atoms with E-state index in [-0.39, 0.29) is 11.2 Å². The minimum Gasteiger partial charge on any atom is -0.397 e. The lowest BCUT2D eigenvalue weighted by Gasteiger charge is -2.17. The summed E-state index contributed by atoms with van der Waals surface area (Å²) >= 11 is 1.38. The predicted octanol–water partition coefficient (Wildman–Crippen LogP) is 3.38. The molecule has 0 aromatic carbocycles. The second-order valence-corrected chi connectivity index (χ2v) is 6.20. The number of pyridine rings is 1. The lowest BCUT2D eigenvalue weighted by molar-refractivity contribution is 0.102. The van der Waals surface area contributed by atoms with Crippen LogP contribution in [0.25, 0.3) is 10.2 Å². The molecule has 0 aliphatic carbocycles. The van der Waals surface area contributed by atoms with Gasteiger partial charge in [0.25, 0.3) is 0 Å². The molecule has 0 amide bonds. The summed E-state index contributed by atoms with van der Waals surface area (Å²) in [6.45, 7) is 7.88. The van der Waals surface area contributed by atoms with E-state index in [0.717, 1.165) is 15.9 Å². The number of carbonyl (C=O) groups is 1. The molecule has 2 heterocycles. The van der Waals surface area contributed by atoms with Crippen molar-refractivity contribution in [2.45, 2.75) is 33.1 Å². The fourth-order valence-electron chi connectivity index (χ4n) is 1.68. The monoisotopic (exact) mass is 248 g/mol. The van der Waals surface area contributed by atoms with Gasteiger partial charge in [-0.2, -0.15) is 0 Å². The fraction of sp³-hybridized carbons (Fsp3) is 0.385. The normalized spacial score (nSPS) is 12.0. The van der Waals surface area contributed by atoms with Gasteiger partial charge in [0.05, 0.1) is 10.6 Å². The summed E-state index contributed by atoms with van der Waals surface area (Å²) in [5.74, 6) is 0.00260. The van der Waals surface area contributed by atoms with E-state index in [0.29, 0.717) is 10.6 Å².